The van der Waals surface area contributed by atoms with Gasteiger partial charge in [0.2, 0.25) is 14.9 Å². The first-order valence-electron chi connectivity index (χ1n) is 8.72. The number of methoxy groups -OCH3 is 1. The summed E-state index contributed by atoms with van der Waals surface area (Å²) in [7, 11) is -3.04. The van der Waals surface area contributed by atoms with Crippen molar-refractivity contribution in [3.63, 3.8) is 0 Å². The van der Waals surface area contributed by atoms with Crippen LogP contribution in [0.2, 0.25) is 5.02 Å². The predicted octanol–water partition coefficient (Wildman–Crippen LogP) is 2.05. The smallest absolute Gasteiger partial charge is 0.343 e. The molecule has 1 aliphatic heterocycles. The number of nitrogens with zero attached hydrogens (tertiary/aromatic N) is 1. The standard InChI is InChI=1S/C18H25ClN2O5S/c1-12(2)18(20,17(23)26-3)27(24,25)21-10-8-14(9-11-21)16(22)13-4-6-15(19)7-5-13/h4-7,12,14H,8-11,20H2,1-3H3. The number of piperidine rings is 1. The lowest BCUT2D eigenvalue weighted by atomic mass is 9.90. The van der Waals surface area contributed by atoms with E-state index in [2.05, 4.69) is 4.74 Å². The summed E-state index contributed by atoms with van der Waals surface area (Å²) in [6, 6.07) is 6.62. The second kappa shape index (κ2) is 8.26. The van der Waals surface area contributed by atoms with Crippen LogP contribution in [0.25, 0.3) is 0 Å². The van der Waals surface area contributed by atoms with Gasteiger partial charge in [-0.2, -0.15) is 4.31 Å². The van der Waals surface area contributed by atoms with Crippen molar-refractivity contribution in [3.8, 4) is 0 Å². The minimum Gasteiger partial charge on any atom is -0.467 e. The minimum absolute atomic E-state index is 0.0421. The average molecular weight is 417 g/mol. The number of ketones is 1. The van der Waals surface area contributed by atoms with E-state index in [-0.39, 0.29) is 24.8 Å². The van der Waals surface area contributed by atoms with Gasteiger partial charge in [0.15, 0.2) is 5.78 Å². The molecule has 1 aromatic rings. The number of ether oxygens (including phenoxy) is 1. The molecular weight excluding hydrogens is 392 g/mol. The molecule has 0 aliphatic carbocycles. The van der Waals surface area contributed by atoms with E-state index in [0.29, 0.717) is 23.4 Å². The topological polar surface area (TPSA) is 107 Å². The highest BCUT2D eigenvalue weighted by molar-refractivity contribution is 7.91. The fourth-order valence-electron chi connectivity index (χ4n) is 3.22. The third-order valence-electron chi connectivity index (χ3n) is 5.08. The van der Waals surface area contributed by atoms with Crippen LogP contribution in [-0.4, -0.2) is 49.5 Å². The van der Waals surface area contributed by atoms with Gasteiger partial charge in [0, 0.05) is 29.6 Å². The molecule has 27 heavy (non-hydrogen) atoms. The van der Waals surface area contributed by atoms with E-state index in [1.54, 1.807) is 38.1 Å². The summed E-state index contributed by atoms with van der Waals surface area (Å²) in [6.07, 6.45) is 0.714. The number of esters is 1. The first-order valence-corrected chi connectivity index (χ1v) is 10.5. The molecule has 0 saturated carbocycles. The summed E-state index contributed by atoms with van der Waals surface area (Å²) in [4.78, 5) is 22.6. The molecule has 1 aliphatic rings. The second-order valence-corrected chi connectivity index (χ2v) is 9.57. The Morgan fingerprint density at radius 2 is 1.74 bits per heavy atom. The third kappa shape index (κ3) is 4.03. The van der Waals surface area contributed by atoms with Crippen molar-refractivity contribution < 1.29 is 22.7 Å². The molecule has 2 rings (SSSR count). The second-order valence-electron chi connectivity index (χ2n) is 6.99. The van der Waals surface area contributed by atoms with E-state index in [0.717, 1.165) is 7.11 Å². The highest BCUT2D eigenvalue weighted by Gasteiger charge is 2.54. The van der Waals surface area contributed by atoms with Crippen LogP contribution < -0.4 is 5.73 Å². The van der Waals surface area contributed by atoms with Crippen LogP contribution in [0, 0.1) is 11.8 Å². The molecule has 0 bridgehead atoms. The summed E-state index contributed by atoms with van der Waals surface area (Å²) in [5.74, 6) is -2.00. The molecule has 1 aromatic carbocycles. The van der Waals surface area contributed by atoms with Gasteiger partial charge in [-0.25, -0.2) is 13.2 Å². The number of hydrogen-bond acceptors (Lipinski definition) is 6. The van der Waals surface area contributed by atoms with Gasteiger partial charge in [0.25, 0.3) is 0 Å². The molecule has 0 amide bonds. The summed E-state index contributed by atoms with van der Waals surface area (Å²) in [5, 5.41) is 0.545. The van der Waals surface area contributed by atoms with Gasteiger partial charge >= 0.3 is 5.97 Å². The van der Waals surface area contributed by atoms with Crippen LogP contribution >= 0.6 is 11.6 Å². The van der Waals surface area contributed by atoms with Crippen molar-refractivity contribution in [2.45, 2.75) is 31.6 Å². The van der Waals surface area contributed by atoms with E-state index >= 15 is 0 Å². The molecule has 7 nitrogen and oxygen atoms in total. The van der Waals surface area contributed by atoms with Gasteiger partial charge in [0.1, 0.15) is 0 Å². The number of rotatable bonds is 6. The van der Waals surface area contributed by atoms with Crippen molar-refractivity contribution in [1.82, 2.24) is 4.31 Å². The molecule has 1 unspecified atom stereocenters. The Balaban J connectivity index is 2.15. The van der Waals surface area contributed by atoms with Crippen LogP contribution in [0.5, 0.6) is 0 Å². The minimum atomic E-state index is -4.15. The van der Waals surface area contributed by atoms with Gasteiger partial charge in [-0.15, -0.1) is 0 Å². The lowest BCUT2D eigenvalue weighted by molar-refractivity contribution is -0.145. The summed E-state index contributed by atoms with van der Waals surface area (Å²) < 4.78 is 31.9. The molecule has 9 heteroatoms. The first-order chi connectivity index (χ1) is 12.6. The fraction of sp³-hybridized carbons (Fsp3) is 0.556. The predicted molar refractivity (Wildman–Crippen MR) is 103 cm³/mol. The van der Waals surface area contributed by atoms with Gasteiger partial charge in [0.05, 0.1) is 7.11 Å². The largest absolute Gasteiger partial charge is 0.467 e. The summed E-state index contributed by atoms with van der Waals surface area (Å²) in [6.45, 7) is 3.36. The maximum absolute atomic E-state index is 13.0. The van der Waals surface area contributed by atoms with Crippen LogP contribution in [0.1, 0.15) is 37.0 Å². The highest BCUT2D eigenvalue weighted by Crippen LogP contribution is 2.31. The zero-order valence-electron chi connectivity index (χ0n) is 15.6. The summed E-state index contributed by atoms with van der Waals surface area (Å²) in [5.41, 5.74) is 6.57. The molecule has 0 radical (unpaired) electrons. The average Bonchev–Trinajstić information content (AvgIpc) is 2.66. The van der Waals surface area contributed by atoms with Crippen molar-refractivity contribution >= 4 is 33.4 Å². The van der Waals surface area contributed by atoms with Crippen LogP contribution in [0.4, 0.5) is 0 Å². The number of benzene rings is 1. The SMILES string of the molecule is COC(=O)C(N)(C(C)C)S(=O)(=O)N1CCC(C(=O)c2ccc(Cl)cc2)CC1. The lowest BCUT2D eigenvalue weighted by Gasteiger charge is -2.38. The quantitative estimate of drug-likeness (QED) is 0.561. The van der Waals surface area contributed by atoms with E-state index in [1.165, 1.54) is 4.31 Å². The number of Topliss-reactive ketones (excluding diaryl/α,β-unsaturated/α-hetero) is 1. The Kier molecular flexibility index (Phi) is 6.68. The van der Waals surface area contributed by atoms with Gasteiger partial charge in [-0.05, 0) is 43.0 Å². The Hall–Kier alpha value is -1.48. The van der Waals surface area contributed by atoms with Crippen molar-refractivity contribution in [2.75, 3.05) is 20.2 Å². The molecule has 2 N–H and O–H groups in total. The highest BCUT2D eigenvalue weighted by atomic mass is 35.5. The third-order valence-corrected chi connectivity index (χ3v) is 7.87. The zero-order chi connectivity index (χ0) is 20.4. The van der Waals surface area contributed by atoms with E-state index < -0.39 is 26.8 Å². The zero-order valence-corrected chi connectivity index (χ0v) is 17.2. The monoisotopic (exact) mass is 416 g/mol. The van der Waals surface area contributed by atoms with Crippen molar-refractivity contribution in [3.05, 3.63) is 34.9 Å². The fourth-order valence-corrected chi connectivity index (χ4v) is 5.35. The molecule has 0 spiro atoms. The Bertz CT molecular complexity index is 802. The maximum atomic E-state index is 13.0. The molecule has 1 atom stereocenters. The van der Waals surface area contributed by atoms with Crippen molar-refractivity contribution in [2.24, 2.45) is 17.6 Å². The number of halogens is 1. The van der Waals surface area contributed by atoms with Gasteiger partial charge in [-0.3, -0.25) is 4.79 Å². The van der Waals surface area contributed by atoms with Crippen molar-refractivity contribution in [1.29, 1.82) is 0 Å². The number of sulfonamides is 1. The molecular formula is C18H25ClN2O5S. The number of nitrogens with two attached hydrogens (primary N) is 1. The number of carbonyl (C=O) groups is 2. The molecule has 1 saturated heterocycles. The van der Waals surface area contributed by atoms with E-state index in [9.17, 15) is 18.0 Å². The van der Waals surface area contributed by atoms with Gasteiger partial charge in [-0.1, -0.05) is 25.4 Å². The first kappa shape index (κ1) is 21.8. The number of carbonyl (C=O) groups excluding carboxylic acids is 2. The normalized spacial score (nSPS) is 18.9. The van der Waals surface area contributed by atoms with Crippen LogP contribution in [0.3, 0.4) is 0 Å². The molecule has 150 valence electrons. The Labute approximate surface area is 164 Å². The Morgan fingerprint density at radius 3 is 2.19 bits per heavy atom. The number of hydrogen-bond donors (Lipinski definition) is 1. The molecule has 1 heterocycles. The maximum Gasteiger partial charge on any atom is 0.343 e. The van der Waals surface area contributed by atoms with Gasteiger partial charge < -0.3 is 10.5 Å². The molecule has 0 aromatic heterocycles. The van der Waals surface area contributed by atoms with Crippen LogP contribution in [-0.2, 0) is 19.6 Å². The Morgan fingerprint density at radius 1 is 1.22 bits per heavy atom. The lowest BCUT2D eigenvalue weighted by Crippen LogP contribution is -2.64. The van der Waals surface area contributed by atoms with Crippen LogP contribution in [0.15, 0.2) is 24.3 Å². The van der Waals surface area contributed by atoms with E-state index in [1.807, 2.05) is 0 Å². The molecule has 1 fully saturated rings. The van der Waals surface area contributed by atoms with E-state index in [4.69, 9.17) is 17.3 Å². The summed E-state index contributed by atoms with van der Waals surface area (Å²) >= 11 is 5.84.